The highest BCUT2D eigenvalue weighted by molar-refractivity contribution is 5.88. The van der Waals surface area contributed by atoms with Gasteiger partial charge in [0.05, 0.1) is 22.6 Å². The molecule has 3 aromatic rings. The number of ether oxygens (including phenoxy) is 1. The highest BCUT2D eigenvalue weighted by Gasteiger charge is 2.39. The van der Waals surface area contributed by atoms with Gasteiger partial charge in [-0.15, -0.1) is 0 Å². The number of fused-ring (bicyclic) bond motifs is 1. The van der Waals surface area contributed by atoms with Crippen molar-refractivity contribution in [3.63, 3.8) is 0 Å². The first-order valence-electron chi connectivity index (χ1n) is 11.8. The van der Waals surface area contributed by atoms with E-state index in [4.69, 9.17) is 10.5 Å². The molecule has 2 aromatic heterocycles. The number of nitrogens with two attached hydrogens (primary N) is 1. The topological polar surface area (TPSA) is 77.2 Å². The van der Waals surface area contributed by atoms with Crippen LogP contribution in [0.2, 0.25) is 0 Å². The molecule has 0 radical (unpaired) electrons. The lowest BCUT2D eigenvalue weighted by atomic mass is 9.95. The van der Waals surface area contributed by atoms with Crippen molar-refractivity contribution in [1.82, 2.24) is 19.9 Å². The van der Waals surface area contributed by atoms with Crippen LogP contribution in [0, 0.1) is 25.5 Å². The summed E-state index contributed by atoms with van der Waals surface area (Å²) in [5, 5.41) is 0.323. The van der Waals surface area contributed by atoms with E-state index in [1.807, 2.05) is 14.0 Å². The number of aromatic nitrogens is 3. The van der Waals surface area contributed by atoms with Crippen molar-refractivity contribution < 1.29 is 26.7 Å². The van der Waals surface area contributed by atoms with Gasteiger partial charge in [-0.1, -0.05) is 13.3 Å². The van der Waals surface area contributed by atoms with E-state index in [1.54, 1.807) is 6.92 Å². The van der Waals surface area contributed by atoms with Crippen LogP contribution in [0.5, 0.6) is 6.01 Å². The van der Waals surface area contributed by atoms with Crippen molar-refractivity contribution in [1.29, 1.82) is 0 Å². The van der Waals surface area contributed by atoms with E-state index in [1.165, 1.54) is 0 Å². The predicted octanol–water partition coefficient (Wildman–Crippen LogP) is 5.61. The minimum Gasteiger partial charge on any atom is -0.462 e. The number of nitrogen functional groups attached to an aromatic ring is 1. The van der Waals surface area contributed by atoms with Crippen LogP contribution in [-0.4, -0.2) is 46.1 Å². The molecule has 2 N–H and O–H groups in total. The zero-order valence-corrected chi connectivity index (χ0v) is 20.6. The van der Waals surface area contributed by atoms with E-state index in [0.717, 1.165) is 32.4 Å². The van der Waals surface area contributed by atoms with Crippen molar-refractivity contribution in [2.45, 2.75) is 58.7 Å². The Bertz CT molecular complexity index is 1310. The van der Waals surface area contributed by atoms with Crippen molar-refractivity contribution in [3.05, 3.63) is 40.2 Å². The third-order valence-electron chi connectivity index (χ3n) is 6.65. The quantitative estimate of drug-likeness (QED) is 0.344. The second kappa shape index (κ2) is 9.76. The third kappa shape index (κ3) is 4.68. The fourth-order valence-electron chi connectivity index (χ4n) is 4.80. The van der Waals surface area contributed by atoms with E-state index >= 15 is 4.39 Å². The van der Waals surface area contributed by atoms with E-state index in [0.29, 0.717) is 36.2 Å². The molecular weight excluding hydrogens is 481 g/mol. The first kappa shape index (κ1) is 26.0. The number of nitrogens with zero attached hydrogens (tertiary/aromatic N) is 4. The number of halogens is 5. The van der Waals surface area contributed by atoms with Crippen LogP contribution in [-0.2, 0) is 12.6 Å². The Hall–Kier alpha value is -3.08. The van der Waals surface area contributed by atoms with Gasteiger partial charge in [0.15, 0.2) is 5.82 Å². The summed E-state index contributed by atoms with van der Waals surface area (Å²) in [6.07, 6.45) is -2.05. The van der Waals surface area contributed by atoms with Crippen LogP contribution < -0.4 is 10.5 Å². The van der Waals surface area contributed by atoms with E-state index in [2.05, 4.69) is 19.9 Å². The summed E-state index contributed by atoms with van der Waals surface area (Å²) < 4.78 is 78.1. The molecule has 0 amide bonds. The number of hydrogen-bond acceptors (Lipinski definition) is 6. The lowest BCUT2D eigenvalue weighted by molar-refractivity contribution is -0.137. The minimum absolute atomic E-state index is 0.0651. The normalized spacial score (nSPS) is 16.8. The molecular formula is C25H28F5N5O. The van der Waals surface area contributed by atoms with Crippen LogP contribution in [0.1, 0.15) is 48.7 Å². The molecule has 0 saturated carbocycles. The van der Waals surface area contributed by atoms with Crippen LogP contribution in [0.4, 0.5) is 27.6 Å². The number of likely N-dealkylation sites (tertiary alicyclic amines) is 1. The minimum atomic E-state index is -4.97. The van der Waals surface area contributed by atoms with E-state index in [9.17, 15) is 17.6 Å². The number of anilines is 1. The molecule has 1 aliphatic heterocycles. The van der Waals surface area contributed by atoms with Crippen LogP contribution >= 0.6 is 0 Å². The van der Waals surface area contributed by atoms with Crippen molar-refractivity contribution in [3.8, 4) is 17.3 Å². The number of aryl methyl sites for hydroxylation is 2. The average Bonchev–Trinajstić information content (AvgIpc) is 3.21. The molecule has 1 aromatic carbocycles. The van der Waals surface area contributed by atoms with Gasteiger partial charge < -0.3 is 15.4 Å². The molecule has 194 valence electrons. The molecule has 11 heteroatoms. The number of rotatable bonds is 6. The molecule has 3 heterocycles. The lowest BCUT2D eigenvalue weighted by Gasteiger charge is -2.20. The van der Waals surface area contributed by atoms with Gasteiger partial charge in [-0.2, -0.15) is 23.1 Å². The Morgan fingerprint density at radius 3 is 2.47 bits per heavy atom. The maximum absolute atomic E-state index is 16.0. The maximum atomic E-state index is 16.0. The lowest BCUT2D eigenvalue weighted by Crippen LogP contribution is -2.31. The zero-order valence-electron chi connectivity index (χ0n) is 20.6. The second-order valence-electron chi connectivity index (χ2n) is 9.20. The molecule has 1 aliphatic rings. The van der Waals surface area contributed by atoms with Gasteiger partial charge in [0.25, 0.3) is 0 Å². The summed E-state index contributed by atoms with van der Waals surface area (Å²) in [5.41, 5.74) is 2.40. The molecule has 0 aliphatic carbocycles. The first-order chi connectivity index (χ1) is 16.9. The second-order valence-corrected chi connectivity index (χ2v) is 9.20. The number of alkyl halides is 3. The van der Waals surface area contributed by atoms with Crippen LogP contribution in [0.15, 0.2) is 6.07 Å². The monoisotopic (exact) mass is 509 g/mol. The number of hydrogen-bond donors (Lipinski definition) is 1. The Kier molecular flexibility index (Phi) is 7.05. The highest BCUT2D eigenvalue weighted by Crippen LogP contribution is 2.43. The van der Waals surface area contributed by atoms with E-state index in [-0.39, 0.29) is 17.6 Å². The van der Waals surface area contributed by atoms with Gasteiger partial charge in [-0.3, -0.25) is 0 Å². The highest BCUT2D eigenvalue weighted by atomic mass is 19.4. The number of likely N-dealkylation sites (N-methyl/N-ethyl adjacent to an activating group) is 1. The number of benzene rings is 1. The van der Waals surface area contributed by atoms with Crippen LogP contribution in [0.25, 0.3) is 22.2 Å². The molecule has 6 nitrogen and oxygen atoms in total. The molecule has 1 atom stereocenters. The van der Waals surface area contributed by atoms with Gasteiger partial charge in [0, 0.05) is 17.0 Å². The zero-order chi connectivity index (χ0) is 26.4. The molecule has 0 bridgehead atoms. The van der Waals surface area contributed by atoms with Crippen molar-refractivity contribution >= 4 is 16.6 Å². The predicted molar refractivity (Wildman–Crippen MR) is 127 cm³/mol. The van der Waals surface area contributed by atoms with Gasteiger partial charge in [0.2, 0.25) is 0 Å². The molecule has 36 heavy (non-hydrogen) atoms. The van der Waals surface area contributed by atoms with E-state index < -0.39 is 45.9 Å². The van der Waals surface area contributed by atoms with Gasteiger partial charge in [-0.05, 0) is 58.3 Å². The van der Waals surface area contributed by atoms with Crippen LogP contribution in [0.3, 0.4) is 0 Å². The SMILES string of the molecule is CCCc1nc(-c2cc(N)c(F)c(C)c2C(F)(F)F)c(F)c2nc(OCC3CCCN3C)nc(C)c12. The Morgan fingerprint density at radius 1 is 1.14 bits per heavy atom. The van der Waals surface area contributed by atoms with Crippen molar-refractivity contribution in [2.75, 3.05) is 25.9 Å². The molecule has 1 unspecified atom stereocenters. The fourth-order valence-corrected chi connectivity index (χ4v) is 4.80. The van der Waals surface area contributed by atoms with Gasteiger partial charge >= 0.3 is 12.2 Å². The Labute approximate surface area is 205 Å². The van der Waals surface area contributed by atoms with Gasteiger partial charge in [0.1, 0.15) is 23.6 Å². The summed E-state index contributed by atoms with van der Waals surface area (Å²) in [6, 6.07) is 0.877. The molecule has 0 spiro atoms. The summed E-state index contributed by atoms with van der Waals surface area (Å²) in [7, 11) is 1.98. The maximum Gasteiger partial charge on any atom is 0.417 e. The standard InChI is InChI=1S/C25H28F5N5O/c1-5-7-17-18-13(3)32-24(36-11-14-8-6-9-35(14)4)34-23(18)21(27)22(33-17)15-10-16(31)20(26)12(2)19(15)25(28,29)30/h10,14H,5-9,11,31H2,1-4H3. The van der Waals surface area contributed by atoms with Gasteiger partial charge in [-0.25, -0.2) is 13.8 Å². The summed E-state index contributed by atoms with van der Waals surface area (Å²) >= 11 is 0. The average molecular weight is 510 g/mol. The molecule has 1 saturated heterocycles. The Balaban J connectivity index is 1.93. The molecule has 1 fully saturated rings. The summed E-state index contributed by atoms with van der Waals surface area (Å²) in [4.78, 5) is 15.0. The largest absolute Gasteiger partial charge is 0.462 e. The Morgan fingerprint density at radius 2 is 1.86 bits per heavy atom. The smallest absolute Gasteiger partial charge is 0.417 e. The third-order valence-corrected chi connectivity index (χ3v) is 6.65. The molecule has 4 rings (SSSR count). The summed E-state index contributed by atoms with van der Waals surface area (Å²) in [6.45, 7) is 5.72. The summed E-state index contributed by atoms with van der Waals surface area (Å²) in [5.74, 6) is -2.28. The first-order valence-corrected chi connectivity index (χ1v) is 11.8. The fraction of sp³-hybridized carbons (Fsp3) is 0.480. The van der Waals surface area contributed by atoms with Crippen molar-refractivity contribution in [2.24, 2.45) is 0 Å². The number of pyridine rings is 1.